The minimum Gasteiger partial charge on any atom is -0.456 e. The third-order valence-corrected chi connectivity index (χ3v) is 13.5. The van der Waals surface area contributed by atoms with E-state index in [9.17, 15) is 0 Å². The van der Waals surface area contributed by atoms with Gasteiger partial charge in [0, 0.05) is 59.6 Å². The van der Waals surface area contributed by atoms with Crippen molar-refractivity contribution >= 4 is 103 Å². The highest BCUT2D eigenvalue weighted by Crippen LogP contribution is 2.44. The monoisotopic (exact) mass is 776 g/mol. The number of hydrogen-bond donors (Lipinski definition) is 0. The lowest BCUT2D eigenvalue weighted by Crippen LogP contribution is -2.09. The minimum absolute atomic E-state index is 0.870. The fourth-order valence-electron chi connectivity index (χ4n) is 8.51. The molecule has 0 radical (unpaired) electrons. The summed E-state index contributed by atoms with van der Waals surface area (Å²) in [5.41, 5.74) is 11.9. The number of para-hydroxylation sites is 1. The van der Waals surface area contributed by atoms with Crippen molar-refractivity contribution in [3.8, 4) is 32.8 Å². The van der Waals surface area contributed by atoms with Crippen LogP contribution in [0, 0.1) is 0 Å². The largest absolute Gasteiger partial charge is 0.456 e. The van der Waals surface area contributed by atoms with Crippen molar-refractivity contribution < 1.29 is 4.42 Å². The molecule has 0 aliphatic carbocycles. The van der Waals surface area contributed by atoms with E-state index in [1.807, 2.05) is 23.5 Å². The van der Waals surface area contributed by atoms with E-state index in [0.29, 0.717) is 0 Å². The molecule has 0 saturated heterocycles. The molecule has 0 atom stereocenters. The molecule has 9 aromatic carbocycles. The summed E-state index contributed by atoms with van der Waals surface area (Å²) in [6.45, 7) is 0. The van der Waals surface area contributed by atoms with Gasteiger partial charge in [-0.1, -0.05) is 121 Å². The number of thiazole rings is 1. The molecule has 0 bridgehead atoms. The van der Waals surface area contributed by atoms with E-state index in [2.05, 4.69) is 187 Å². The van der Waals surface area contributed by atoms with Crippen LogP contribution in [0.5, 0.6) is 0 Å². The van der Waals surface area contributed by atoms with Crippen molar-refractivity contribution in [2.24, 2.45) is 0 Å². The molecule has 0 amide bonds. The Bertz CT molecular complexity index is 3500. The number of aromatic nitrogens is 1. The summed E-state index contributed by atoms with van der Waals surface area (Å²) in [4.78, 5) is 7.53. The first-order valence-corrected chi connectivity index (χ1v) is 21.1. The Balaban J connectivity index is 0.952. The molecule has 0 fully saturated rings. The van der Waals surface area contributed by atoms with Crippen molar-refractivity contribution in [2.75, 3.05) is 4.90 Å². The van der Waals surface area contributed by atoms with E-state index in [4.69, 9.17) is 9.40 Å². The van der Waals surface area contributed by atoms with Crippen LogP contribution in [0.3, 0.4) is 0 Å². The van der Waals surface area contributed by atoms with Crippen molar-refractivity contribution in [1.82, 2.24) is 4.98 Å². The average Bonchev–Trinajstić information content (AvgIpc) is 4.00. The molecule has 272 valence electrons. The van der Waals surface area contributed by atoms with Gasteiger partial charge in [0.2, 0.25) is 0 Å². The first-order chi connectivity index (χ1) is 28.7. The highest BCUT2D eigenvalue weighted by molar-refractivity contribution is 7.26. The predicted molar refractivity (Wildman–Crippen MR) is 248 cm³/mol. The van der Waals surface area contributed by atoms with Crippen molar-refractivity contribution in [3.05, 3.63) is 194 Å². The van der Waals surface area contributed by atoms with Gasteiger partial charge in [0.05, 0.1) is 10.2 Å². The van der Waals surface area contributed by atoms with Gasteiger partial charge in [0.25, 0.3) is 0 Å². The zero-order valence-electron chi connectivity index (χ0n) is 31.1. The van der Waals surface area contributed by atoms with Crippen LogP contribution in [0.2, 0.25) is 0 Å². The van der Waals surface area contributed by atoms with Crippen LogP contribution >= 0.6 is 22.7 Å². The smallest absolute Gasteiger partial charge is 0.137 e. The molecule has 0 aliphatic rings. The normalized spacial score (nSPS) is 11.8. The van der Waals surface area contributed by atoms with Gasteiger partial charge in [-0.05, 0) is 99.8 Å². The standard InChI is InChI=1S/C53H32N2OS2/c1-2-10-36(11-3-1)53-54-52-50(58-53)30-29-49-51(52)45-31-37(21-28-48(45)57-49)33-17-22-38(23-18-33)55(40-26-27-44-43-14-6-7-16-46(43)56-47(44)32-40)39-24-19-35(20-25-39)42-15-8-12-34-9-4-5-13-41(34)42/h1-32H. The topological polar surface area (TPSA) is 29.3 Å². The first-order valence-electron chi connectivity index (χ1n) is 19.4. The molecular weight excluding hydrogens is 745 g/mol. The molecule has 0 aliphatic heterocycles. The fourth-order valence-corrected chi connectivity index (χ4v) is 10.6. The molecule has 0 saturated carbocycles. The third kappa shape index (κ3) is 5.43. The SMILES string of the molecule is c1ccc(-c2nc3c(ccc4sc5ccc(-c6ccc(N(c7ccc(-c8cccc9ccccc89)cc7)c7ccc8c(c7)oc7ccccc78)cc6)cc5c43)s2)cc1. The van der Waals surface area contributed by atoms with Crippen LogP contribution in [-0.4, -0.2) is 4.98 Å². The molecule has 3 aromatic heterocycles. The lowest BCUT2D eigenvalue weighted by atomic mass is 9.98. The summed E-state index contributed by atoms with van der Waals surface area (Å²) in [6.07, 6.45) is 0. The van der Waals surface area contributed by atoms with Crippen molar-refractivity contribution in [3.63, 3.8) is 0 Å². The number of fused-ring (bicyclic) bond motifs is 9. The van der Waals surface area contributed by atoms with Crippen LogP contribution in [0.25, 0.3) is 95.9 Å². The lowest BCUT2D eigenvalue weighted by molar-refractivity contribution is 0.669. The van der Waals surface area contributed by atoms with Crippen LogP contribution in [0.1, 0.15) is 0 Å². The van der Waals surface area contributed by atoms with Gasteiger partial charge in [-0.2, -0.15) is 0 Å². The molecule has 3 nitrogen and oxygen atoms in total. The lowest BCUT2D eigenvalue weighted by Gasteiger charge is -2.26. The van der Waals surface area contributed by atoms with Crippen LogP contribution in [-0.2, 0) is 0 Å². The average molecular weight is 777 g/mol. The molecule has 0 N–H and O–H groups in total. The Hall–Kier alpha value is -7.05. The molecule has 0 spiro atoms. The van der Waals surface area contributed by atoms with Gasteiger partial charge in [0.1, 0.15) is 16.2 Å². The van der Waals surface area contributed by atoms with E-state index < -0.39 is 0 Å². The summed E-state index contributed by atoms with van der Waals surface area (Å²) in [6, 6.07) is 69.7. The van der Waals surface area contributed by atoms with E-state index in [0.717, 1.165) is 55.1 Å². The molecule has 5 heteroatoms. The van der Waals surface area contributed by atoms with Gasteiger partial charge >= 0.3 is 0 Å². The number of anilines is 3. The quantitative estimate of drug-likeness (QED) is 0.168. The fraction of sp³-hybridized carbons (Fsp3) is 0. The summed E-state index contributed by atoms with van der Waals surface area (Å²) >= 11 is 3.60. The second-order valence-electron chi connectivity index (χ2n) is 14.7. The van der Waals surface area contributed by atoms with Crippen molar-refractivity contribution in [1.29, 1.82) is 0 Å². The Morgan fingerprint density at radius 1 is 0.397 bits per heavy atom. The Labute approximate surface area is 342 Å². The summed E-state index contributed by atoms with van der Waals surface area (Å²) in [7, 11) is 0. The summed E-state index contributed by atoms with van der Waals surface area (Å²) < 4.78 is 10.1. The highest BCUT2D eigenvalue weighted by Gasteiger charge is 2.18. The maximum absolute atomic E-state index is 6.39. The maximum atomic E-state index is 6.39. The number of benzene rings is 9. The molecule has 58 heavy (non-hydrogen) atoms. The van der Waals surface area contributed by atoms with Gasteiger partial charge in [-0.15, -0.1) is 22.7 Å². The molecular formula is C53H32N2OS2. The molecule has 12 aromatic rings. The van der Waals surface area contributed by atoms with E-state index in [1.54, 1.807) is 11.3 Å². The van der Waals surface area contributed by atoms with Gasteiger partial charge < -0.3 is 9.32 Å². The summed E-state index contributed by atoms with van der Waals surface area (Å²) in [5, 5.41) is 8.29. The number of thiophene rings is 1. The van der Waals surface area contributed by atoms with Crippen LogP contribution < -0.4 is 4.90 Å². The van der Waals surface area contributed by atoms with Crippen LogP contribution in [0.4, 0.5) is 17.1 Å². The second kappa shape index (κ2) is 13.3. The van der Waals surface area contributed by atoms with Gasteiger partial charge in [-0.25, -0.2) is 4.98 Å². The third-order valence-electron chi connectivity index (χ3n) is 11.3. The Kier molecular flexibility index (Phi) is 7.58. The second-order valence-corrected chi connectivity index (χ2v) is 16.8. The number of nitrogens with zero attached hydrogens (tertiary/aromatic N) is 2. The molecule has 0 unspecified atom stereocenters. The Morgan fingerprint density at radius 2 is 1.05 bits per heavy atom. The number of hydrogen-bond acceptors (Lipinski definition) is 5. The predicted octanol–water partition coefficient (Wildman–Crippen LogP) is 16.2. The maximum Gasteiger partial charge on any atom is 0.137 e. The van der Waals surface area contributed by atoms with Crippen molar-refractivity contribution in [2.45, 2.75) is 0 Å². The van der Waals surface area contributed by atoms with Gasteiger partial charge in [-0.3, -0.25) is 0 Å². The van der Waals surface area contributed by atoms with Gasteiger partial charge in [0.15, 0.2) is 0 Å². The number of rotatable bonds is 6. The zero-order chi connectivity index (χ0) is 38.2. The molecule has 3 heterocycles. The highest BCUT2D eigenvalue weighted by atomic mass is 32.1. The molecule has 12 rings (SSSR count). The van der Waals surface area contributed by atoms with Crippen LogP contribution in [0.15, 0.2) is 199 Å². The van der Waals surface area contributed by atoms with E-state index in [-0.39, 0.29) is 0 Å². The minimum atomic E-state index is 0.870. The number of furan rings is 1. The first kappa shape index (κ1) is 33.1. The van der Waals surface area contributed by atoms with E-state index >= 15 is 0 Å². The Morgan fingerprint density at radius 3 is 1.90 bits per heavy atom. The van der Waals surface area contributed by atoms with E-state index in [1.165, 1.54) is 57.9 Å². The zero-order valence-corrected chi connectivity index (χ0v) is 32.7. The summed E-state index contributed by atoms with van der Waals surface area (Å²) in [5.74, 6) is 0.